The number of hydrogen-bond donors (Lipinski definition) is 1. The van der Waals surface area contributed by atoms with Crippen LogP contribution in [0, 0.1) is 12.7 Å². The zero-order valence-electron chi connectivity index (χ0n) is 14.1. The van der Waals surface area contributed by atoms with Crippen molar-refractivity contribution in [2.45, 2.75) is 20.0 Å². The third kappa shape index (κ3) is 3.60. The molecule has 3 aromatic rings. The second-order valence-electron chi connectivity index (χ2n) is 5.79. The summed E-state index contributed by atoms with van der Waals surface area (Å²) in [5.41, 5.74) is 10.3. The lowest BCUT2D eigenvalue weighted by molar-refractivity contribution is 0.414. The van der Waals surface area contributed by atoms with Gasteiger partial charge < -0.3 is 15.0 Å². The number of nitrogens with two attached hydrogens (primary N) is 1. The summed E-state index contributed by atoms with van der Waals surface area (Å²) in [7, 11) is 1.64. The first-order valence-electron chi connectivity index (χ1n) is 7.86. The SMILES string of the molecule is COc1ccc(-c2ncn(Cc3cc(Br)ccc3F)c2CN)c(C)c1. The highest BCUT2D eigenvalue weighted by Gasteiger charge is 2.15. The van der Waals surface area contributed by atoms with Crippen LogP contribution in [-0.2, 0) is 13.1 Å². The van der Waals surface area contributed by atoms with Crippen molar-refractivity contribution in [1.82, 2.24) is 9.55 Å². The molecule has 0 aliphatic carbocycles. The van der Waals surface area contributed by atoms with Crippen molar-refractivity contribution in [3.63, 3.8) is 0 Å². The maximum Gasteiger partial charge on any atom is 0.128 e. The van der Waals surface area contributed by atoms with Gasteiger partial charge in [-0.2, -0.15) is 0 Å². The standard InChI is InChI=1S/C19H19BrFN3O/c1-12-7-15(25-2)4-5-16(12)19-18(9-22)24(11-23-19)10-13-8-14(20)3-6-17(13)21/h3-8,11H,9-10,22H2,1-2H3. The molecule has 0 amide bonds. The van der Waals surface area contributed by atoms with Gasteiger partial charge in [0, 0.05) is 22.1 Å². The van der Waals surface area contributed by atoms with E-state index in [4.69, 9.17) is 10.5 Å². The summed E-state index contributed by atoms with van der Waals surface area (Å²) in [5, 5.41) is 0. The van der Waals surface area contributed by atoms with Gasteiger partial charge in [0.15, 0.2) is 0 Å². The van der Waals surface area contributed by atoms with E-state index in [0.717, 1.165) is 32.7 Å². The second kappa shape index (κ2) is 7.37. The van der Waals surface area contributed by atoms with Crippen molar-refractivity contribution in [2.75, 3.05) is 7.11 Å². The van der Waals surface area contributed by atoms with Crippen LogP contribution in [0.5, 0.6) is 5.75 Å². The van der Waals surface area contributed by atoms with E-state index in [9.17, 15) is 4.39 Å². The average molecular weight is 404 g/mol. The summed E-state index contributed by atoms with van der Waals surface area (Å²) < 4.78 is 22.1. The van der Waals surface area contributed by atoms with Gasteiger partial charge in [-0.05, 0) is 48.9 Å². The number of ether oxygens (including phenoxy) is 1. The third-order valence-corrected chi connectivity index (χ3v) is 4.67. The van der Waals surface area contributed by atoms with Crippen molar-refractivity contribution in [3.05, 3.63) is 69.8 Å². The molecule has 2 aromatic carbocycles. The number of imidazole rings is 1. The first kappa shape index (κ1) is 17.6. The highest BCUT2D eigenvalue weighted by molar-refractivity contribution is 9.10. The molecule has 0 aliphatic heterocycles. The van der Waals surface area contributed by atoms with Crippen LogP contribution in [-0.4, -0.2) is 16.7 Å². The number of aromatic nitrogens is 2. The molecule has 3 rings (SSSR count). The Hall–Kier alpha value is -2.18. The van der Waals surface area contributed by atoms with Crippen LogP contribution in [0.3, 0.4) is 0 Å². The normalized spacial score (nSPS) is 10.9. The quantitative estimate of drug-likeness (QED) is 0.691. The Morgan fingerprint density at radius 2 is 2.04 bits per heavy atom. The topological polar surface area (TPSA) is 53.1 Å². The summed E-state index contributed by atoms with van der Waals surface area (Å²) in [6.45, 7) is 2.70. The minimum Gasteiger partial charge on any atom is -0.497 e. The molecule has 0 spiro atoms. The number of hydrogen-bond acceptors (Lipinski definition) is 3. The Balaban J connectivity index is 2.00. The fourth-order valence-corrected chi connectivity index (χ4v) is 3.27. The van der Waals surface area contributed by atoms with Crippen LogP contribution in [0.4, 0.5) is 4.39 Å². The largest absolute Gasteiger partial charge is 0.497 e. The number of aryl methyl sites for hydroxylation is 1. The first-order valence-corrected chi connectivity index (χ1v) is 8.65. The van der Waals surface area contributed by atoms with Gasteiger partial charge in [-0.15, -0.1) is 0 Å². The van der Waals surface area contributed by atoms with E-state index < -0.39 is 0 Å². The van der Waals surface area contributed by atoms with E-state index in [1.54, 1.807) is 25.6 Å². The van der Waals surface area contributed by atoms with Gasteiger partial charge in [-0.3, -0.25) is 0 Å². The minimum absolute atomic E-state index is 0.248. The van der Waals surface area contributed by atoms with E-state index in [0.29, 0.717) is 18.7 Å². The summed E-state index contributed by atoms with van der Waals surface area (Å²) >= 11 is 3.38. The van der Waals surface area contributed by atoms with Crippen molar-refractivity contribution < 1.29 is 9.13 Å². The van der Waals surface area contributed by atoms with Gasteiger partial charge in [-0.25, -0.2) is 9.37 Å². The van der Waals surface area contributed by atoms with Crippen LogP contribution in [0.2, 0.25) is 0 Å². The van der Waals surface area contributed by atoms with Crippen molar-refractivity contribution >= 4 is 15.9 Å². The summed E-state index contributed by atoms with van der Waals surface area (Å²) in [4.78, 5) is 4.53. The summed E-state index contributed by atoms with van der Waals surface area (Å²) in [6.07, 6.45) is 1.71. The summed E-state index contributed by atoms with van der Waals surface area (Å²) in [6, 6.07) is 10.7. The van der Waals surface area contributed by atoms with Gasteiger partial charge in [0.1, 0.15) is 11.6 Å². The Morgan fingerprint density at radius 1 is 1.24 bits per heavy atom. The van der Waals surface area contributed by atoms with E-state index in [1.165, 1.54) is 6.07 Å². The zero-order valence-corrected chi connectivity index (χ0v) is 15.7. The molecule has 130 valence electrons. The monoisotopic (exact) mass is 403 g/mol. The van der Waals surface area contributed by atoms with Crippen LogP contribution in [0.1, 0.15) is 16.8 Å². The molecule has 0 aliphatic rings. The molecule has 2 N–H and O–H groups in total. The van der Waals surface area contributed by atoms with E-state index in [1.807, 2.05) is 29.7 Å². The van der Waals surface area contributed by atoms with Gasteiger partial charge in [0.05, 0.1) is 31.4 Å². The molecule has 1 aromatic heterocycles. The van der Waals surface area contributed by atoms with E-state index in [2.05, 4.69) is 20.9 Å². The van der Waals surface area contributed by atoms with Crippen molar-refractivity contribution in [3.8, 4) is 17.0 Å². The third-order valence-electron chi connectivity index (χ3n) is 4.18. The molecule has 4 nitrogen and oxygen atoms in total. The van der Waals surface area contributed by atoms with Gasteiger partial charge >= 0.3 is 0 Å². The first-order chi connectivity index (χ1) is 12.0. The Morgan fingerprint density at radius 3 is 2.72 bits per heavy atom. The predicted octanol–water partition coefficient (Wildman–Crippen LogP) is 4.28. The molecule has 1 heterocycles. The molecule has 0 fully saturated rings. The van der Waals surface area contributed by atoms with Crippen LogP contribution < -0.4 is 10.5 Å². The highest BCUT2D eigenvalue weighted by Crippen LogP contribution is 2.29. The smallest absolute Gasteiger partial charge is 0.128 e. The van der Waals surface area contributed by atoms with Crippen molar-refractivity contribution in [2.24, 2.45) is 5.73 Å². The molecule has 0 unspecified atom stereocenters. The number of halogens is 2. The number of nitrogens with zero attached hydrogens (tertiary/aromatic N) is 2. The van der Waals surface area contributed by atoms with Crippen LogP contribution in [0.15, 0.2) is 47.2 Å². The Bertz CT molecular complexity index is 908. The predicted molar refractivity (Wildman–Crippen MR) is 100 cm³/mol. The molecule has 0 bridgehead atoms. The van der Waals surface area contributed by atoms with Gasteiger partial charge in [-0.1, -0.05) is 15.9 Å². The molecule has 25 heavy (non-hydrogen) atoms. The maximum atomic E-state index is 14.1. The van der Waals surface area contributed by atoms with Crippen molar-refractivity contribution in [1.29, 1.82) is 0 Å². The lowest BCUT2D eigenvalue weighted by atomic mass is 10.0. The maximum absolute atomic E-state index is 14.1. The molecule has 0 radical (unpaired) electrons. The summed E-state index contributed by atoms with van der Waals surface area (Å²) in [5.74, 6) is 0.549. The highest BCUT2D eigenvalue weighted by atomic mass is 79.9. The van der Waals surface area contributed by atoms with Gasteiger partial charge in [0.2, 0.25) is 0 Å². The average Bonchev–Trinajstić information content (AvgIpc) is 3.00. The zero-order chi connectivity index (χ0) is 18.0. The molecule has 0 saturated heterocycles. The van der Waals surface area contributed by atoms with Gasteiger partial charge in [0.25, 0.3) is 0 Å². The minimum atomic E-state index is -0.248. The molecule has 0 atom stereocenters. The number of rotatable bonds is 5. The Labute approximate surface area is 154 Å². The van der Waals surface area contributed by atoms with Crippen LogP contribution in [0.25, 0.3) is 11.3 Å². The number of methoxy groups -OCH3 is 1. The molecular weight excluding hydrogens is 385 g/mol. The fourth-order valence-electron chi connectivity index (χ4n) is 2.86. The number of benzene rings is 2. The lowest BCUT2D eigenvalue weighted by Gasteiger charge is -2.11. The fraction of sp³-hybridized carbons (Fsp3) is 0.211. The lowest BCUT2D eigenvalue weighted by Crippen LogP contribution is -2.10. The van der Waals surface area contributed by atoms with E-state index >= 15 is 0 Å². The van der Waals surface area contributed by atoms with Crippen LogP contribution >= 0.6 is 15.9 Å². The van der Waals surface area contributed by atoms with E-state index in [-0.39, 0.29) is 5.82 Å². The second-order valence-corrected chi connectivity index (χ2v) is 6.70. The molecular formula is C19H19BrFN3O. The Kier molecular flexibility index (Phi) is 5.20. The molecule has 6 heteroatoms. The molecule has 0 saturated carbocycles.